The van der Waals surface area contributed by atoms with Crippen LogP contribution >= 0.6 is 0 Å². The molecule has 1 N–H and O–H groups in total. The molecule has 0 amide bonds. The van der Waals surface area contributed by atoms with Crippen molar-refractivity contribution < 1.29 is 24.2 Å². The fraction of sp³-hybridized carbons (Fsp3) is 0.791. The van der Waals surface area contributed by atoms with Gasteiger partial charge in [-0.05, 0) is 83.5 Å². The monoisotopic (exact) mass is 1000 g/mol. The lowest BCUT2D eigenvalue weighted by Gasteiger charge is -2.15. The van der Waals surface area contributed by atoms with Gasteiger partial charge in [0.15, 0.2) is 6.10 Å². The van der Waals surface area contributed by atoms with E-state index in [4.69, 9.17) is 9.47 Å². The SMILES string of the molecule is CC/C=C\C/C=C\C/C=C\C/C=C\CCCCCCC(=O)OC(CO)COC(=O)CCCCCCCCCCCCCCCCCCCCCCCCCCCCCCC/C=C\C/C=C\CCCCCCC. The molecule has 72 heavy (non-hydrogen) atoms. The van der Waals surface area contributed by atoms with Gasteiger partial charge in [-0.3, -0.25) is 9.59 Å². The van der Waals surface area contributed by atoms with Crippen LogP contribution < -0.4 is 0 Å². The molecule has 0 aliphatic rings. The van der Waals surface area contributed by atoms with E-state index in [1.54, 1.807) is 0 Å². The molecular weight excluding hydrogens is 885 g/mol. The molecule has 0 fully saturated rings. The van der Waals surface area contributed by atoms with Crippen LogP contribution in [0.15, 0.2) is 72.9 Å². The van der Waals surface area contributed by atoms with E-state index in [2.05, 4.69) is 86.8 Å². The van der Waals surface area contributed by atoms with Crippen LogP contribution in [0.5, 0.6) is 0 Å². The van der Waals surface area contributed by atoms with E-state index in [1.807, 2.05) is 0 Å². The Balaban J connectivity index is 3.38. The van der Waals surface area contributed by atoms with Crippen LogP contribution in [-0.2, 0) is 19.1 Å². The molecule has 1 atom stereocenters. The molecule has 418 valence electrons. The fourth-order valence-electron chi connectivity index (χ4n) is 9.29. The molecule has 0 aliphatic heterocycles. The van der Waals surface area contributed by atoms with Crippen LogP contribution in [0.4, 0.5) is 0 Å². The van der Waals surface area contributed by atoms with E-state index < -0.39 is 6.10 Å². The molecule has 5 nitrogen and oxygen atoms in total. The second-order valence-electron chi connectivity index (χ2n) is 21.1. The van der Waals surface area contributed by atoms with Gasteiger partial charge >= 0.3 is 11.9 Å². The van der Waals surface area contributed by atoms with Crippen LogP contribution in [0.25, 0.3) is 0 Å². The van der Waals surface area contributed by atoms with Crippen molar-refractivity contribution in [2.24, 2.45) is 0 Å². The Kier molecular flexibility index (Phi) is 60.3. The summed E-state index contributed by atoms with van der Waals surface area (Å²) in [6.07, 6.45) is 86.4. The standard InChI is InChI=1S/C67H120O5/c1-3-5-7-9-11-13-15-17-19-21-22-23-24-25-26-27-28-29-30-31-32-33-34-35-36-37-38-39-40-41-42-43-44-46-47-49-51-53-55-57-59-61-66(69)71-64-65(63-68)72-67(70)62-60-58-56-54-52-50-48-45-20-18-16-14-12-10-8-6-4-2/h6,8,12,14-15,17-18,20-22,48,50,65,68H,3-5,7,9-11,13,16,19,23-47,49,51-64H2,1-2H3/b8-6-,14-12-,17-15-,20-18-,22-21-,50-48-. The lowest BCUT2D eigenvalue weighted by molar-refractivity contribution is -0.161. The fourth-order valence-corrected chi connectivity index (χ4v) is 9.29. The summed E-state index contributed by atoms with van der Waals surface area (Å²) in [5, 5.41) is 9.64. The zero-order valence-electron chi connectivity index (χ0n) is 47.9. The number of allylic oxidation sites excluding steroid dienone is 12. The number of hydrogen-bond donors (Lipinski definition) is 1. The topological polar surface area (TPSA) is 72.8 Å². The molecule has 0 aromatic heterocycles. The van der Waals surface area contributed by atoms with E-state index >= 15 is 0 Å². The zero-order chi connectivity index (χ0) is 52.0. The average molecular weight is 1010 g/mol. The van der Waals surface area contributed by atoms with Gasteiger partial charge in [-0.2, -0.15) is 0 Å². The number of hydrogen-bond acceptors (Lipinski definition) is 5. The first kappa shape index (κ1) is 69.3. The quantitative estimate of drug-likeness (QED) is 0.0373. The van der Waals surface area contributed by atoms with E-state index in [0.29, 0.717) is 12.8 Å². The zero-order valence-corrected chi connectivity index (χ0v) is 47.9. The number of ether oxygens (including phenoxy) is 2. The van der Waals surface area contributed by atoms with Crippen LogP contribution in [0.2, 0.25) is 0 Å². The Bertz CT molecular complexity index is 1270. The van der Waals surface area contributed by atoms with Gasteiger partial charge in [-0.15, -0.1) is 0 Å². The molecule has 5 heteroatoms. The van der Waals surface area contributed by atoms with Crippen molar-refractivity contribution in [3.05, 3.63) is 72.9 Å². The molecule has 0 radical (unpaired) electrons. The molecule has 1 unspecified atom stereocenters. The summed E-state index contributed by atoms with van der Waals surface area (Å²) in [5.74, 6) is -0.609. The number of rotatable bonds is 58. The van der Waals surface area contributed by atoms with E-state index in [1.165, 1.54) is 212 Å². The van der Waals surface area contributed by atoms with E-state index in [9.17, 15) is 14.7 Å². The van der Waals surface area contributed by atoms with E-state index in [-0.39, 0.29) is 25.2 Å². The maximum atomic E-state index is 12.3. The van der Waals surface area contributed by atoms with Crippen molar-refractivity contribution in [2.75, 3.05) is 13.2 Å². The lowest BCUT2D eigenvalue weighted by Crippen LogP contribution is -2.28. The third-order valence-corrected chi connectivity index (χ3v) is 14.0. The van der Waals surface area contributed by atoms with E-state index in [0.717, 1.165) is 83.5 Å². The van der Waals surface area contributed by atoms with Crippen molar-refractivity contribution in [3.8, 4) is 0 Å². The molecule has 0 saturated carbocycles. The van der Waals surface area contributed by atoms with Gasteiger partial charge in [0, 0.05) is 12.8 Å². The minimum atomic E-state index is -0.787. The smallest absolute Gasteiger partial charge is 0.306 e. The minimum Gasteiger partial charge on any atom is -0.462 e. The highest BCUT2D eigenvalue weighted by Crippen LogP contribution is 2.18. The maximum absolute atomic E-state index is 12.3. The van der Waals surface area contributed by atoms with Crippen molar-refractivity contribution >= 4 is 11.9 Å². The summed E-state index contributed by atoms with van der Waals surface area (Å²) in [6, 6.07) is 0. The second-order valence-corrected chi connectivity index (χ2v) is 21.1. The van der Waals surface area contributed by atoms with Crippen molar-refractivity contribution in [1.29, 1.82) is 0 Å². The Hall–Kier alpha value is -2.66. The van der Waals surface area contributed by atoms with Gasteiger partial charge < -0.3 is 14.6 Å². The molecular formula is C67H120O5. The number of esters is 2. The summed E-state index contributed by atoms with van der Waals surface area (Å²) >= 11 is 0. The molecule has 0 spiro atoms. The highest BCUT2D eigenvalue weighted by atomic mass is 16.6. The molecule has 0 aromatic carbocycles. The van der Waals surface area contributed by atoms with Gasteiger partial charge in [0.1, 0.15) is 6.61 Å². The predicted octanol–water partition coefficient (Wildman–Crippen LogP) is 21.5. The Morgan fingerprint density at radius 3 is 0.903 bits per heavy atom. The number of aliphatic hydroxyl groups is 1. The Morgan fingerprint density at radius 2 is 0.597 bits per heavy atom. The van der Waals surface area contributed by atoms with Crippen LogP contribution in [0, 0.1) is 0 Å². The summed E-state index contributed by atoms with van der Waals surface area (Å²) in [6.45, 7) is 4.02. The first-order chi connectivity index (χ1) is 35.6. The number of unbranched alkanes of at least 4 members (excludes halogenated alkanes) is 38. The summed E-state index contributed by atoms with van der Waals surface area (Å²) < 4.78 is 10.7. The summed E-state index contributed by atoms with van der Waals surface area (Å²) in [5.41, 5.74) is 0. The highest BCUT2D eigenvalue weighted by molar-refractivity contribution is 5.70. The number of carbonyl (C=O) groups is 2. The molecule has 0 saturated heterocycles. The second kappa shape index (κ2) is 62.6. The van der Waals surface area contributed by atoms with Crippen molar-refractivity contribution in [1.82, 2.24) is 0 Å². The molecule has 0 aliphatic carbocycles. The van der Waals surface area contributed by atoms with Crippen LogP contribution in [-0.4, -0.2) is 36.4 Å². The van der Waals surface area contributed by atoms with Gasteiger partial charge in [-0.25, -0.2) is 0 Å². The third-order valence-electron chi connectivity index (χ3n) is 14.0. The predicted molar refractivity (Wildman–Crippen MR) is 316 cm³/mol. The Morgan fingerprint density at radius 1 is 0.333 bits per heavy atom. The van der Waals surface area contributed by atoms with Gasteiger partial charge in [0.05, 0.1) is 6.61 Å². The normalized spacial score (nSPS) is 12.7. The van der Waals surface area contributed by atoms with Crippen molar-refractivity contribution in [3.63, 3.8) is 0 Å². The average Bonchev–Trinajstić information content (AvgIpc) is 3.38. The molecule has 0 bridgehead atoms. The largest absolute Gasteiger partial charge is 0.462 e. The van der Waals surface area contributed by atoms with Crippen LogP contribution in [0.3, 0.4) is 0 Å². The van der Waals surface area contributed by atoms with Crippen molar-refractivity contribution in [2.45, 2.75) is 328 Å². The van der Waals surface area contributed by atoms with Gasteiger partial charge in [0.25, 0.3) is 0 Å². The maximum Gasteiger partial charge on any atom is 0.306 e. The highest BCUT2D eigenvalue weighted by Gasteiger charge is 2.16. The van der Waals surface area contributed by atoms with Gasteiger partial charge in [-0.1, -0.05) is 299 Å². The minimum absolute atomic E-state index is 0.0752. The van der Waals surface area contributed by atoms with Gasteiger partial charge in [0.2, 0.25) is 0 Å². The Labute approximate surface area is 448 Å². The first-order valence-electron chi connectivity index (χ1n) is 31.5. The summed E-state index contributed by atoms with van der Waals surface area (Å²) in [4.78, 5) is 24.5. The number of carbonyl (C=O) groups excluding carboxylic acids is 2. The number of aliphatic hydroxyl groups excluding tert-OH is 1. The summed E-state index contributed by atoms with van der Waals surface area (Å²) in [7, 11) is 0. The lowest BCUT2D eigenvalue weighted by atomic mass is 10.0. The van der Waals surface area contributed by atoms with Crippen LogP contribution in [0.1, 0.15) is 322 Å². The first-order valence-corrected chi connectivity index (χ1v) is 31.5. The third kappa shape index (κ3) is 59.9. The molecule has 0 heterocycles. The molecule has 0 aromatic rings. The molecule has 0 rings (SSSR count).